The van der Waals surface area contributed by atoms with Crippen molar-refractivity contribution in [1.82, 2.24) is 15.2 Å². The lowest BCUT2D eigenvalue weighted by Crippen LogP contribution is -2.42. The molecule has 0 radical (unpaired) electrons. The minimum atomic E-state index is -5.08. The number of hydrogen-bond acceptors (Lipinski definition) is 7. The van der Waals surface area contributed by atoms with Crippen LogP contribution in [0, 0.1) is 0 Å². The zero-order valence-corrected chi connectivity index (χ0v) is 26.0. The number of amides is 1. The number of sulfonamides is 1. The number of carbonyl (C=O) groups excluding carboxylic acids is 1. The number of halogens is 3. The van der Waals surface area contributed by atoms with Crippen LogP contribution in [0.2, 0.25) is 0 Å². The first-order valence-corrected chi connectivity index (χ1v) is 15.4. The average molecular weight is 665 g/mol. The third-order valence-electron chi connectivity index (χ3n) is 6.73. The number of anilines is 1. The number of ether oxygens (including phenoxy) is 1. The van der Waals surface area contributed by atoms with Crippen molar-refractivity contribution in [2.45, 2.75) is 49.5 Å². The van der Waals surface area contributed by atoms with Crippen LogP contribution in [0.25, 0.3) is 10.9 Å². The van der Waals surface area contributed by atoms with Gasteiger partial charge in [-0.25, -0.2) is 18.0 Å². The molecule has 4 rings (SSSR count). The molecule has 4 aromatic rings. The molecule has 1 heterocycles. The summed E-state index contributed by atoms with van der Waals surface area (Å²) in [5.41, 5.74) is 1.74. The number of nitrogens with zero attached hydrogens (tertiary/aromatic N) is 1. The van der Waals surface area contributed by atoms with Gasteiger partial charge < -0.3 is 30.2 Å². The number of aryl methyl sites for hydroxylation is 1. The topological polar surface area (TPSA) is 159 Å². The highest BCUT2D eigenvalue weighted by atomic mass is 32.2. The third kappa shape index (κ3) is 10.5. The fraction of sp³-hybridized carbons (Fsp3) is 0.290. The molecular formula is C31H35F3N4O7S. The maximum atomic E-state index is 12.7. The normalized spacial score (nSPS) is 12.5. The highest BCUT2D eigenvalue weighted by Crippen LogP contribution is 2.25. The molecule has 0 bridgehead atoms. The Morgan fingerprint density at radius 2 is 1.65 bits per heavy atom. The Morgan fingerprint density at radius 1 is 0.978 bits per heavy atom. The minimum absolute atomic E-state index is 0.174. The van der Waals surface area contributed by atoms with Crippen LogP contribution >= 0.6 is 0 Å². The predicted molar refractivity (Wildman–Crippen MR) is 166 cm³/mol. The van der Waals surface area contributed by atoms with Gasteiger partial charge >= 0.3 is 18.2 Å². The Balaban J connectivity index is 0.000000738. The van der Waals surface area contributed by atoms with E-state index in [0.717, 1.165) is 23.9 Å². The van der Waals surface area contributed by atoms with Gasteiger partial charge in [0.2, 0.25) is 0 Å². The number of carbonyl (C=O) groups is 2. The van der Waals surface area contributed by atoms with Gasteiger partial charge in [-0.05, 0) is 74.4 Å². The summed E-state index contributed by atoms with van der Waals surface area (Å²) in [5.74, 6) is -2.28. The molecule has 5 N–H and O–H groups in total. The number of aromatic nitrogens is 1. The lowest BCUT2D eigenvalue weighted by Gasteiger charge is -2.28. The van der Waals surface area contributed by atoms with Crippen LogP contribution in [-0.4, -0.2) is 60.6 Å². The highest BCUT2D eigenvalue weighted by molar-refractivity contribution is 7.92. The van der Waals surface area contributed by atoms with Gasteiger partial charge in [0.25, 0.3) is 10.0 Å². The molecule has 0 aliphatic heterocycles. The number of carboxylic acid groups (broad SMARTS) is 1. The molecule has 0 spiro atoms. The largest absolute Gasteiger partial charge is 0.490 e. The van der Waals surface area contributed by atoms with E-state index in [2.05, 4.69) is 33.8 Å². The molecule has 0 fully saturated rings. The summed E-state index contributed by atoms with van der Waals surface area (Å²) in [6, 6.07) is 22.4. The first kappa shape index (κ1) is 35.9. The van der Waals surface area contributed by atoms with Crippen LogP contribution in [0.15, 0.2) is 90.0 Å². The van der Waals surface area contributed by atoms with E-state index in [1.807, 2.05) is 24.4 Å². The molecule has 46 heavy (non-hydrogen) atoms. The Labute approximate surface area is 264 Å². The summed E-state index contributed by atoms with van der Waals surface area (Å²) < 4.78 is 67.0. The number of fused-ring (bicyclic) bond motifs is 1. The molecule has 0 saturated carbocycles. The Bertz CT molecular complexity index is 1740. The summed E-state index contributed by atoms with van der Waals surface area (Å²) in [6.45, 7) is 5.19. The molecule has 1 amide bonds. The van der Waals surface area contributed by atoms with Crippen molar-refractivity contribution in [3.8, 4) is 5.75 Å². The van der Waals surface area contributed by atoms with Crippen molar-refractivity contribution < 1.29 is 46.1 Å². The molecule has 0 saturated heterocycles. The number of hydrogen-bond donors (Lipinski definition) is 5. The smallest absolute Gasteiger partial charge is 0.475 e. The third-order valence-corrected chi connectivity index (χ3v) is 8.13. The van der Waals surface area contributed by atoms with E-state index in [4.69, 9.17) is 14.6 Å². The standard InChI is InChI=1S/C29H34N4O5S.C2HF3O2/c1-29(2,15-17-33-16-14-21-19-24(12-13-26(21)33)38-28(35)30-3)31-20-27(34)22-8-7-9-23(18-22)32-39(36,37)25-10-5-4-6-11-25;3-2(4,5)1(6)7/h4-14,16,18-19,27,31-32,34H,15,17,20H2,1-3H3,(H,30,35);(H,6,7)/t27-;/m0./s1. The average Bonchev–Trinajstić information content (AvgIpc) is 3.41. The fourth-order valence-corrected chi connectivity index (χ4v) is 5.27. The summed E-state index contributed by atoms with van der Waals surface area (Å²) in [7, 11) is -2.21. The number of rotatable bonds is 11. The van der Waals surface area contributed by atoms with Crippen molar-refractivity contribution >= 4 is 38.7 Å². The lowest BCUT2D eigenvalue weighted by molar-refractivity contribution is -0.192. The van der Waals surface area contributed by atoms with Gasteiger partial charge in [-0.3, -0.25) is 4.72 Å². The van der Waals surface area contributed by atoms with Crippen LogP contribution < -0.4 is 20.1 Å². The first-order chi connectivity index (χ1) is 21.5. The number of aliphatic hydroxyl groups is 1. The number of nitrogens with one attached hydrogen (secondary N) is 3. The summed E-state index contributed by atoms with van der Waals surface area (Å²) in [4.78, 5) is 20.5. The van der Waals surface area contributed by atoms with Crippen LogP contribution in [0.4, 0.5) is 23.7 Å². The maximum Gasteiger partial charge on any atom is 0.490 e. The molecule has 0 unspecified atom stereocenters. The molecule has 11 nitrogen and oxygen atoms in total. The lowest BCUT2D eigenvalue weighted by atomic mass is 9.99. The van der Waals surface area contributed by atoms with E-state index in [1.165, 1.54) is 19.2 Å². The van der Waals surface area contributed by atoms with Crippen molar-refractivity contribution in [1.29, 1.82) is 0 Å². The molecule has 248 valence electrons. The van der Waals surface area contributed by atoms with E-state index in [1.54, 1.807) is 48.5 Å². The molecule has 0 aliphatic carbocycles. The SMILES string of the molecule is CNC(=O)Oc1ccc2c(ccn2CCC(C)(C)NC[C@H](O)c2cccc(NS(=O)(=O)c3ccccc3)c2)c1.O=C(O)C(F)(F)F. The second kappa shape index (κ2) is 15.1. The van der Waals surface area contributed by atoms with E-state index >= 15 is 0 Å². The molecule has 1 aromatic heterocycles. The van der Waals surface area contributed by atoms with Gasteiger partial charge in [0, 0.05) is 48.5 Å². The van der Waals surface area contributed by atoms with Gasteiger partial charge in [-0.1, -0.05) is 30.3 Å². The molecule has 0 aliphatic rings. The van der Waals surface area contributed by atoms with Gasteiger partial charge in [0.15, 0.2) is 0 Å². The zero-order chi connectivity index (χ0) is 34.1. The summed E-state index contributed by atoms with van der Waals surface area (Å²) in [6.07, 6.45) is -3.63. The molecule has 1 atom stereocenters. The van der Waals surface area contributed by atoms with Gasteiger partial charge in [-0.2, -0.15) is 13.2 Å². The van der Waals surface area contributed by atoms with E-state index in [0.29, 0.717) is 23.5 Å². The first-order valence-electron chi connectivity index (χ1n) is 13.9. The Kier molecular flexibility index (Phi) is 11.8. The Morgan fingerprint density at radius 3 is 2.28 bits per heavy atom. The number of alkyl halides is 3. The fourth-order valence-electron chi connectivity index (χ4n) is 4.20. The molecule has 3 aromatic carbocycles. The van der Waals surface area contributed by atoms with E-state index in [-0.39, 0.29) is 10.4 Å². The van der Waals surface area contributed by atoms with E-state index < -0.39 is 34.4 Å². The predicted octanol–water partition coefficient (Wildman–Crippen LogP) is 5.29. The number of carboxylic acids is 1. The number of aliphatic carboxylic acids is 1. The quantitative estimate of drug-likeness (QED) is 0.145. The maximum absolute atomic E-state index is 12.7. The minimum Gasteiger partial charge on any atom is -0.475 e. The van der Waals surface area contributed by atoms with E-state index in [9.17, 15) is 31.5 Å². The van der Waals surface area contributed by atoms with Crippen molar-refractivity contribution in [3.63, 3.8) is 0 Å². The summed E-state index contributed by atoms with van der Waals surface area (Å²) >= 11 is 0. The number of β-amino-alcohol motifs (C(OH)–C–C–N with tert-alkyl or cyclic N) is 1. The van der Waals surface area contributed by atoms with Gasteiger partial charge in [0.05, 0.1) is 11.0 Å². The Hall–Kier alpha value is -4.60. The summed E-state index contributed by atoms with van der Waals surface area (Å²) in [5, 5.41) is 24.8. The molecular weight excluding hydrogens is 629 g/mol. The molecule has 15 heteroatoms. The van der Waals surface area contributed by atoms with Gasteiger partial charge in [-0.15, -0.1) is 0 Å². The second-order valence-corrected chi connectivity index (χ2v) is 12.4. The van der Waals surface area contributed by atoms with Crippen molar-refractivity contribution in [3.05, 3.63) is 90.6 Å². The van der Waals surface area contributed by atoms with Crippen LogP contribution in [-0.2, 0) is 21.4 Å². The van der Waals surface area contributed by atoms with Gasteiger partial charge in [0.1, 0.15) is 5.75 Å². The second-order valence-electron chi connectivity index (χ2n) is 10.7. The van der Waals surface area contributed by atoms with Crippen molar-refractivity contribution in [2.75, 3.05) is 18.3 Å². The highest BCUT2D eigenvalue weighted by Gasteiger charge is 2.38. The van der Waals surface area contributed by atoms with Crippen LogP contribution in [0.1, 0.15) is 31.9 Å². The van der Waals surface area contributed by atoms with Crippen LogP contribution in [0.5, 0.6) is 5.75 Å². The van der Waals surface area contributed by atoms with Crippen LogP contribution in [0.3, 0.4) is 0 Å². The monoisotopic (exact) mass is 664 g/mol. The number of benzene rings is 3. The van der Waals surface area contributed by atoms with Crippen molar-refractivity contribution in [2.24, 2.45) is 0 Å². The number of aliphatic hydroxyl groups excluding tert-OH is 1. The zero-order valence-electron chi connectivity index (χ0n) is 25.2.